The second kappa shape index (κ2) is 4.30. The molecule has 12 heavy (non-hydrogen) atoms. The SMILES string of the molecule is CC(C)OC(=O)NCCC1CO1. The van der Waals surface area contributed by atoms with E-state index in [1.807, 2.05) is 13.8 Å². The average molecular weight is 173 g/mol. The summed E-state index contributed by atoms with van der Waals surface area (Å²) in [7, 11) is 0. The molecule has 1 aliphatic heterocycles. The number of amides is 1. The molecule has 0 radical (unpaired) electrons. The third-order valence-corrected chi connectivity index (χ3v) is 1.48. The Morgan fingerprint density at radius 1 is 1.75 bits per heavy atom. The molecule has 1 atom stereocenters. The van der Waals surface area contributed by atoms with Gasteiger partial charge < -0.3 is 14.8 Å². The van der Waals surface area contributed by atoms with Crippen LogP contribution in [0.1, 0.15) is 20.3 Å². The quantitative estimate of drug-likeness (QED) is 0.643. The molecule has 1 fully saturated rings. The van der Waals surface area contributed by atoms with Crippen molar-refractivity contribution in [3.63, 3.8) is 0 Å². The molecular weight excluding hydrogens is 158 g/mol. The Morgan fingerprint density at radius 2 is 2.42 bits per heavy atom. The number of ether oxygens (including phenoxy) is 2. The molecule has 0 aromatic heterocycles. The molecule has 0 bridgehead atoms. The van der Waals surface area contributed by atoms with Gasteiger partial charge in [0, 0.05) is 6.54 Å². The lowest BCUT2D eigenvalue weighted by molar-refractivity contribution is 0.115. The maximum Gasteiger partial charge on any atom is 0.407 e. The summed E-state index contributed by atoms with van der Waals surface area (Å²) in [6, 6.07) is 0. The zero-order valence-corrected chi connectivity index (χ0v) is 7.50. The van der Waals surface area contributed by atoms with Crippen LogP contribution in [0.25, 0.3) is 0 Å². The van der Waals surface area contributed by atoms with Crippen molar-refractivity contribution in [3.05, 3.63) is 0 Å². The van der Waals surface area contributed by atoms with Gasteiger partial charge in [0.1, 0.15) is 0 Å². The van der Waals surface area contributed by atoms with Crippen LogP contribution in [0.3, 0.4) is 0 Å². The standard InChI is InChI=1S/C8H15NO3/c1-6(2)12-8(10)9-4-3-7-5-11-7/h6-7H,3-5H2,1-2H3,(H,9,10). The number of carbonyl (C=O) groups excluding carboxylic acids is 1. The van der Waals surface area contributed by atoms with Crippen LogP contribution in [-0.2, 0) is 9.47 Å². The van der Waals surface area contributed by atoms with E-state index in [9.17, 15) is 4.79 Å². The molecule has 1 unspecified atom stereocenters. The van der Waals surface area contributed by atoms with Gasteiger partial charge in [0.2, 0.25) is 0 Å². The molecule has 1 rings (SSSR count). The summed E-state index contributed by atoms with van der Waals surface area (Å²) in [5, 5.41) is 2.64. The largest absolute Gasteiger partial charge is 0.447 e. The van der Waals surface area contributed by atoms with E-state index in [1.165, 1.54) is 0 Å². The maximum absolute atomic E-state index is 10.9. The molecule has 0 aromatic rings. The highest BCUT2D eigenvalue weighted by Gasteiger charge is 2.21. The van der Waals surface area contributed by atoms with Crippen LogP contribution < -0.4 is 5.32 Å². The molecule has 70 valence electrons. The van der Waals surface area contributed by atoms with Crippen LogP contribution in [0.4, 0.5) is 4.79 Å². The minimum absolute atomic E-state index is 0.0535. The molecule has 1 heterocycles. The lowest BCUT2D eigenvalue weighted by Crippen LogP contribution is -2.28. The number of hydrogen-bond donors (Lipinski definition) is 1. The van der Waals surface area contributed by atoms with Gasteiger partial charge in [-0.15, -0.1) is 0 Å². The van der Waals surface area contributed by atoms with Crippen molar-refractivity contribution in [2.24, 2.45) is 0 Å². The second-order valence-corrected chi connectivity index (χ2v) is 3.12. The molecular formula is C8H15NO3. The second-order valence-electron chi connectivity index (χ2n) is 3.12. The van der Waals surface area contributed by atoms with Gasteiger partial charge in [-0.1, -0.05) is 0 Å². The number of epoxide rings is 1. The Labute approximate surface area is 72.2 Å². The normalized spacial score (nSPS) is 20.8. The fraction of sp³-hybridized carbons (Fsp3) is 0.875. The minimum Gasteiger partial charge on any atom is -0.447 e. The summed E-state index contributed by atoms with van der Waals surface area (Å²) in [5.74, 6) is 0. The van der Waals surface area contributed by atoms with E-state index in [2.05, 4.69) is 5.32 Å². The van der Waals surface area contributed by atoms with Crippen molar-refractivity contribution in [1.82, 2.24) is 5.32 Å². The van der Waals surface area contributed by atoms with E-state index in [1.54, 1.807) is 0 Å². The fourth-order valence-electron chi connectivity index (χ4n) is 0.826. The molecule has 0 aromatic carbocycles. The highest BCUT2D eigenvalue weighted by atomic mass is 16.6. The van der Waals surface area contributed by atoms with E-state index < -0.39 is 0 Å². The van der Waals surface area contributed by atoms with Gasteiger partial charge in [0.15, 0.2) is 0 Å². The van der Waals surface area contributed by atoms with Gasteiger partial charge in [0.05, 0.1) is 18.8 Å². The predicted molar refractivity (Wildman–Crippen MR) is 44.0 cm³/mol. The van der Waals surface area contributed by atoms with Gasteiger partial charge in [0.25, 0.3) is 0 Å². The van der Waals surface area contributed by atoms with Crippen molar-refractivity contribution in [3.8, 4) is 0 Å². The van der Waals surface area contributed by atoms with Gasteiger partial charge in [-0.05, 0) is 20.3 Å². The first-order valence-electron chi connectivity index (χ1n) is 4.24. The monoisotopic (exact) mass is 173 g/mol. The summed E-state index contributed by atoms with van der Waals surface area (Å²) < 4.78 is 9.84. The Hall–Kier alpha value is -0.770. The van der Waals surface area contributed by atoms with E-state index >= 15 is 0 Å². The summed E-state index contributed by atoms with van der Waals surface area (Å²) in [4.78, 5) is 10.9. The number of carbonyl (C=O) groups is 1. The van der Waals surface area contributed by atoms with Crippen molar-refractivity contribution in [1.29, 1.82) is 0 Å². The average Bonchev–Trinajstić information content (AvgIpc) is 2.69. The Morgan fingerprint density at radius 3 is 2.92 bits per heavy atom. The van der Waals surface area contributed by atoms with Crippen LogP contribution in [-0.4, -0.2) is 31.5 Å². The van der Waals surface area contributed by atoms with Gasteiger partial charge in [-0.25, -0.2) is 4.79 Å². The van der Waals surface area contributed by atoms with E-state index in [0.29, 0.717) is 12.6 Å². The third-order valence-electron chi connectivity index (χ3n) is 1.48. The molecule has 0 aliphatic carbocycles. The summed E-state index contributed by atoms with van der Waals surface area (Å²) in [6.45, 7) is 5.12. The topological polar surface area (TPSA) is 50.9 Å². The smallest absolute Gasteiger partial charge is 0.407 e. The third kappa shape index (κ3) is 4.18. The van der Waals surface area contributed by atoms with Gasteiger partial charge >= 0.3 is 6.09 Å². The lowest BCUT2D eigenvalue weighted by atomic mass is 10.3. The first-order chi connectivity index (χ1) is 5.68. The molecule has 0 spiro atoms. The van der Waals surface area contributed by atoms with Gasteiger partial charge in [-0.3, -0.25) is 0 Å². The van der Waals surface area contributed by atoms with E-state index in [-0.39, 0.29) is 12.2 Å². The van der Waals surface area contributed by atoms with Crippen LogP contribution in [0.2, 0.25) is 0 Å². The first-order valence-corrected chi connectivity index (χ1v) is 4.24. The van der Waals surface area contributed by atoms with Crippen LogP contribution in [0, 0.1) is 0 Å². The molecule has 4 heteroatoms. The number of nitrogens with one attached hydrogen (secondary N) is 1. The lowest BCUT2D eigenvalue weighted by Gasteiger charge is -2.08. The maximum atomic E-state index is 10.9. The highest BCUT2D eigenvalue weighted by molar-refractivity contribution is 5.67. The summed E-state index contributed by atoms with van der Waals surface area (Å²) in [6.07, 6.45) is 0.852. The minimum atomic E-state index is -0.342. The molecule has 0 saturated carbocycles. The van der Waals surface area contributed by atoms with Crippen LogP contribution in [0.5, 0.6) is 0 Å². The zero-order valence-electron chi connectivity index (χ0n) is 7.50. The Kier molecular flexibility index (Phi) is 3.34. The Bertz CT molecular complexity index is 154. The van der Waals surface area contributed by atoms with Crippen molar-refractivity contribution in [2.45, 2.75) is 32.5 Å². The Balaban J connectivity index is 1.93. The van der Waals surface area contributed by atoms with Crippen LogP contribution >= 0.6 is 0 Å². The number of rotatable bonds is 4. The number of alkyl carbamates (subject to hydrolysis) is 1. The van der Waals surface area contributed by atoms with Crippen LogP contribution in [0.15, 0.2) is 0 Å². The first kappa shape index (κ1) is 9.32. The molecule has 4 nitrogen and oxygen atoms in total. The molecule has 1 amide bonds. The fourth-order valence-corrected chi connectivity index (χ4v) is 0.826. The van der Waals surface area contributed by atoms with E-state index in [4.69, 9.17) is 9.47 Å². The summed E-state index contributed by atoms with van der Waals surface area (Å²) in [5.41, 5.74) is 0. The van der Waals surface area contributed by atoms with E-state index in [0.717, 1.165) is 13.0 Å². The van der Waals surface area contributed by atoms with Crippen molar-refractivity contribution < 1.29 is 14.3 Å². The highest BCUT2D eigenvalue weighted by Crippen LogP contribution is 2.11. The zero-order chi connectivity index (χ0) is 8.97. The number of hydrogen-bond acceptors (Lipinski definition) is 3. The van der Waals surface area contributed by atoms with Gasteiger partial charge in [-0.2, -0.15) is 0 Å². The summed E-state index contributed by atoms with van der Waals surface area (Å²) >= 11 is 0. The molecule has 1 N–H and O–H groups in total. The molecule has 1 saturated heterocycles. The van der Waals surface area contributed by atoms with Crippen molar-refractivity contribution >= 4 is 6.09 Å². The predicted octanol–water partition coefficient (Wildman–Crippen LogP) is 0.910. The van der Waals surface area contributed by atoms with Crippen molar-refractivity contribution in [2.75, 3.05) is 13.2 Å². The molecule has 1 aliphatic rings.